The number of nitrogens with zero attached hydrogens (tertiary/aromatic N) is 2. The van der Waals surface area contributed by atoms with Crippen LogP contribution in [0.2, 0.25) is 5.02 Å². The first-order valence-corrected chi connectivity index (χ1v) is 9.61. The van der Waals surface area contributed by atoms with Crippen molar-refractivity contribution in [2.45, 2.75) is 50.0 Å². The zero-order valence-electron chi connectivity index (χ0n) is 15.5. The molecule has 6 heteroatoms. The van der Waals surface area contributed by atoms with E-state index in [1.807, 2.05) is 46.8 Å². The summed E-state index contributed by atoms with van der Waals surface area (Å²) in [6.07, 6.45) is 1.68. The molecule has 4 nitrogen and oxygen atoms in total. The van der Waals surface area contributed by atoms with Gasteiger partial charge < -0.3 is 0 Å². The summed E-state index contributed by atoms with van der Waals surface area (Å²) in [4.78, 5) is 35.1. The molecule has 26 heavy (non-hydrogen) atoms. The van der Waals surface area contributed by atoms with Crippen LogP contribution in [0, 0.1) is 6.92 Å². The zero-order chi connectivity index (χ0) is 19.3. The summed E-state index contributed by atoms with van der Waals surface area (Å²) in [5.74, 6) is -0.585. The number of carbonyl (C=O) groups is 2. The largest absolute Gasteiger partial charge is 0.297 e. The van der Waals surface area contributed by atoms with Crippen molar-refractivity contribution in [1.82, 2.24) is 9.97 Å². The molecule has 1 fully saturated rings. The Kier molecular flexibility index (Phi) is 4.74. The SMILES string of the molecule is Cc1cnc(-c2ccc(Cl)cc2)nc1C1C(=O)C(C)(C)SC(C)(C)C1=O. The third-order valence-corrected chi connectivity index (χ3v) is 6.28. The van der Waals surface area contributed by atoms with Crippen LogP contribution in [0.25, 0.3) is 11.4 Å². The standard InChI is InChI=1S/C20H21ClN2O2S/c1-11-10-22-18(12-6-8-13(21)9-7-12)23-15(11)14-16(24)19(2,3)26-20(4,5)17(14)25/h6-10,14H,1-5H3. The van der Waals surface area contributed by atoms with Gasteiger partial charge in [0.05, 0.1) is 15.2 Å². The number of hydrogen-bond acceptors (Lipinski definition) is 5. The molecule has 0 bridgehead atoms. The molecule has 1 aliphatic heterocycles. The molecule has 0 amide bonds. The normalized spacial score (nSPS) is 19.6. The first-order chi connectivity index (χ1) is 12.0. The van der Waals surface area contributed by atoms with Gasteiger partial charge in [0.15, 0.2) is 17.4 Å². The van der Waals surface area contributed by atoms with Crippen molar-refractivity contribution in [3.8, 4) is 11.4 Å². The number of carbonyl (C=O) groups excluding carboxylic acids is 2. The van der Waals surface area contributed by atoms with E-state index in [1.54, 1.807) is 18.3 Å². The molecule has 0 saturated carbocycles. The molecule has 0 atom stereocenters. The predicted molar refractivity (Wildman–Crippen MR) is 106 cm³/mol. The highest BCUT2D eigenvalue weighted by atomic mass is 35.5. The number of halogens is 1. The molecular weight excluding hydrogens is 368 g/mol. The Morgan fingerprint density at radius 3 is 2.08 bits per heavy atom. The summed E-state index contributed by atoms with van der Waals surface area (Å²) in [5.41, 5.74) is 2.04. The highest BCUT2D eigenvalue weighted by Crippen LogP contribution is 2.48. The highest BCUT2D eigenvalue weighted by molar-refractivity contribution is 8.03. The van der Waals surface area contributed by atoms with Gasteiger partial charge in [-0.25, -0.2) is 9.97 Å². The van der Waals surface area contributed by atoms with Crippen LogP contribution in [0.15, 0.2) is 30.5 Å². The third-order valence-electron chi connectivity index (χ3n) is 4.61. The Morgan fingerprint density at radius 1 is 1.00 bits per heavy atom. The van der Waals surface area contributed by atoms with Gasteiger partial charge in [-0.1, -0.05) is 11.6 Å². The van der Waals surface area contributed by atoms with Gasteiger partial charge in [0.25, 0.3) is 0 Å². The van der Waals surface area contributed by atoms with E-state index in [1.165, 1.54) is 11.8 Å². The number of aromatic nitrogens is 2. The van der Waals surface area contributed by atoms with Crippen molar-refractivity contribution < 1.29 is 9.59 Å². The van der Waals surface area contributed by atoms with Gasteiger partial charge in [-0.15, -0.1) is 11.8 Å². The van der Waals surface area contributed by atoms with Gasteiger partial charge in [-0.05, 0) is 64.4 Å². The second-order valence-electron chi connectivity index (χ2n) is 7.55. The molecule has 1 aromatic carbocycles. The van der Waals surface area contributed by atoms with Crippen LogP contribution in [-0.2, 0) is 9.59 Å². The van der Waals surface area contributed by atoms with Crippen LogP contribution in [-0.4, -0.2) is 31.0 Å². The van der Waals surface area contributed by atoms with E-state index >= 15 is 0 Å². The molecule has 0 aliphatic carbocycles. The topological polar surface area (TPSA) is 59.9 Å². The molecule has 0 spiro atoms. The summed E-state index contributed by atoms with van der Waals surface area (Å²) < 4.78 is -1.31. The second kappa shape index (κ2) is 6.46. The van der Waals surface area contributed by atoms with Crippen LogP contribution in [0.3, 0.4) is 0 Å². The van der Waals surface area contributed by atoms with Gasteiger partial charge in [0, 0.05) is 16.8 Å². The van der Waals surface area contributed by atoms with Crippen molar-refractivity contribution in [2.75, 3.05) is 0 Å². The van der Waals surface area contributed by atoms with Crippen molar-refractivity contribution >= 4 is 34.9 Å². The van der Waals surface area contributed by atoms with E-state index in [4.69, 9.17) is 11.6 Å². The van der Waals surface area contributed by atoms with Crippen molar-refractivity contribution in [2.24, 2.45) is 0 Å². The Labute approximate surface area is 162 Å². The smallest absolute Gasteiger partial charge is 0.164 e. The Balaban J connectivity index is 2.13. The fraction of sp³-hybridized carbons (Fsp3) is 0.400. The quantitative estimate of drug-likeness (QED) is 0.702. The lowest BCUT2D eigenvalue weighted by Crippen LogP contribution is -2.51. The first-order valence-electron chi connectivity index (χ1n) is 8.41. The lowest BCUT2D eigenvalue weighted by molar-refractivity contribution is -0.132. The summed E-state index contributed by atoms with van der Waals surface area (Å²) in [7, 11) is 0. The lowest BCUT2D eigenvalue weighted by Gasteiger charge is -2.41. The van der Waals surface area contributed by atoms with Crippen molar-refractivity contribution in [3.05, 3.63) is 46.7 Å². The Bertz CT molecular complexity index is 865. The summed E-state index contributed by atoms with van der Waals surface area (Å²) in [6.45, 7) is 9.33. The minimum Gasteiger partial charge on any atom is -0.297 e. The van der Waals surface area contributed by atoms with Gasteiger partial charge in [-0.2, -0.15) is 0 Å². The van der Waals surface area contributed by atoms with Crippen LogP contribution in [0.1, 0.15) is 44.9 Å². The van der Waals surface area contributed by atoms with Gasteiger partial charge >= 0.3 is 0 Å². The maximum Gasteiger partial charge on any atom is 0.164 e. The first kappa shape index (κ1) is 19.1. The zero-order valence-corrected chi connectivity index (χ0v) is 17.0. The van der Waals surface area contributed by atoms with Crippen LogP contribution in [0.5, 0.6) is 0 Å². The fourth-order valence-corrected chi connectivity index (χ4v) is 5.13. The van der Waals surface area contributed by atoms with Gasteiger partial charge in [0.2, 0.25) is 0 Å². The minimum atomic E-state index is -0.865. The number of aryl methyl sites for hydroxylation is 1. The molecule has 1 aliphatic rings. The summed E-state index contributed by atoms with van der Waals surface area (Å²) >= 11 is 7.36. The van der Waals surface area contributed by atoms with E-state index in [-0.39, 0.29) is 11.6 Å². The molecule has 0 N–H and O–H groups in total. The molecule has 1 saturated heterocycles. The van der Waals surface area contributed by atoms with E-state index in [9.17, 15) is 9.59 Å². The molecule has 0 unspecified atom stereocenters. The molecule has 1 aromatic heterocycles. The summed E-state index contributed by atoms with van der Waals surface area (Å²) in [6, 6.07) is 7.18. The fourth-order valence-electron chi connectivity index (χ4n) is 3.29. The molecule has 2 aromatic rings. The molecule has 136 valence electrons. The monoisotopic (exact) mass is 388 g/mol. The predicted octanol–water partition coefficient (Wildman–Crippen LogP) is 4.63. The maximum absolute atomic E-state index is 13.1. The minimum absolute atomic E-state index is 0.101. The molecule has 2 heterocycles. The van der Waals surface area contributed by atoms with Gasteiger partial charge in [0.1, 0.15) is 5.92 Å². The number of hydrogen-bond donors (Lipinski definition) is 0. The molecular formula is C20H21ClN2O2S. The van der Waals surface area contributed by atoms with Crippen molar-refractivity contribution in [1.29, 1.82) is 0 Å². The van der Waals surface area contributed by atoms with Crippen LogP contribution < -0.4 is 0 Å². The van der Waals surface area contributed by atoms with Gasteiger partial charge in [-0.3, -0.25) is 9.59 Å². The number of ketones is 2. The van der Waals surface area contributed by atoms with Crippen LogP contribution >= 0.6 is 23.4 Å². The summed E-state index contributed by atoms with van der Waals surface area (Å²) in [5, 5.41) is 0.624. The number of Topliss-reactive ketones (excluding diaryl/α,β-unsaturated/α-hetero) is 2. The molecule has 3 rings (SSSR count). The van der Waals surface area contributed by atoms with E-state index in [0.29, 0.717) is 16.5 Å². The van der Waals surface area contributed by atoms with Crippen LogP contribution in [0.4, 0.5) is 0 Å². The average molecular weight is 389 g/mol. The second-order valence-corrected chi connectivity index (χ2v) is 10.2. The number of thioether (sulfide) groups is 1. The van der Waals surface area contributed by atoms with E-state index < -0.39 is 15.4 Å². The Morgan fingerprint density at radius 2 is 1.54 bits per heavy atom. The van der Waals surface area contributed by atoms with Crippen molar-refractivity contribution in [3.63, 3.8) is 0 Å². The number of benzene rings is 1. The maximum atomic E-state index is 13.1. The third kappa shape index (κ3) is 3.30. The average Bonchev–Trinajstić information content (AvgIpc) is 2.55. The Hall–Kier alpha value is -1.72. The van der Waals surface area contributed by atoms with E-state index in [0.717, 1.165) is 11.1 Å². The van der Waals surface area contributed by atoms with E-state index in [2.05, 4.69) is 9.97 Å². The highest BCUT2D eigenvalue weighted by Gasteiger charge is 2.53. The molecule has 0 radical (unpaired) electrons. The lowest BCUT2D eigenvalue weighted by atomic mass is 9.81. The number of rotatable bonds is 2.